The van der Waals surface area contributed by atoms with E-state index in [1.807, 2.05) is 19.1 Å². The molecule has 4 rings (SSSR count). The molecular weight excluding hydrogens is 374 g/mol. The maximum absolute atomic E-state index is 11.5. The normalized spacial score (nSPS) is 33.1. The van der Waals surface area contributed by atoms with Crippen molar-refractivity contribution in [2.75, 3.05) is 6.61 Å². The Morgan fingerprint density at radius 2 is 2.00 bits per heavy atom. The van der Waals surface area contributed by atoms with Crippen molar-refractivity contribution in [1.29, 1.82) is 0 Å². The van der Waals surface area contributed by atoms with Gasteiger partial charge in [-0.25, -0.2) is 0 Å². The molecule has 0 aliphatic heterocycles. The molecule has 6 heteroatoms. The zero-order chi connectivity index (χ0) is 20.1. The van der Waals surface area contributed by atoms with Crippen molar-refractivity contribution in [1.82, 2.24) is 0 Å². The lowest BCUT2D eigenvalue weighted by Gasteiger charge is -2.49. The van der Waals surface area contributed by atoms with E-state index in [0.717, 1.165) is 18.8 Å². The largest absolute Gasteiger partial charge is 0.490 e. The molecule has 0 aromatic heterocycles. The molecule has 28 heavy (non-hydrogen) atoms. The Morgan fingerprint density at radius 3 is 2.68 bits per heavy atom. The average molecular weight is 406 g/mol. The number of hydrogen-bond donors (Lipinski definition) is 1. The van der Waals surface area contributed by atoms with Crippen LogP contribution in [0.1, 0.15) is 69.9 Å². The van der Waals surface area contributed by atoms with Crippen molar-refractivity contribution in [3.05, 3.63) is 34.9 Å². The highest BCUT2D eigenvalue weighted by Gasteiger charge is 2.52. The predicted octanol–water partition coefficient (Wildman–Crippen LogP) is 4.47. The fraction of sp³-hybridized carbons (Fsp3) is 0.636. The summed E-state index contributed by atoms with van der Waals surface area (Å²) in [7, 11) is -4.08. The summed E-state index contributed by atoms with van der Waals surface area (Å²) in [6.07, 6.45) is 9.36. The van der Waals surface area contributed by atoms with Crippen LogP contribution in [0.4, 0.5) is 0 Å². The number of benzene rings is 1. The molecule has 3 aliphatic carbocycles. The summed E-state index contributed by atoms with van der Waals surface area (Å²) in [4.78, 5) is 0. The van der Waals surface area contributed by atoms with Crippen LogP contribution in [0, 0.1) is 17.3 Å². The lowest BCUT2D eigenvalue weighted by molar-refractivity contribution is 0.0812. The van der Waals surface area contributed by atoms with E-state index >= 15 is 0 Å². The first-order valence-corrected chi connectivity index (χ1v) is 11.9. The predicted molar refractivity (Wildman–Crippen MR) is 110 cm³/mol. The van der Waals surface area contributed by atoms with Gasteiger partial charge in [0.25, 0.3) is 0 Å². The third kappa shape index (κ3) is 3.24. The first-order chi connectivity index (χ1) is 13.3. The van der Waals surface area contributed by atoms with Crippen molar-refractivity contribution in [2.24, 2.45) is 22.4 Å². The van der Waals surface area contributed by atoms with Gasteiger partial charge < -0.3 is 8.92 Å². The van der Waals surface area contributed by atoms with Gasteiger partial charge in [0.2, 0.25) is 0 Å². The third-order valence-electron chi connectivity index (χ3n) is 7.49. The molecule has 1 aromatic carbocycles. The van der Waals surface area contributed by atoms with Gasteiger partial charge in [-0.1, -0.05) is 18.6 Å². The van der Waals surface area contributed by atoms with E-state index < -0.39 is 10.3 Å². The molecule has 0 spiro atoms. The number of aryl methyl sites for hydroxylation is 1. The first-order valence-electron chi connectivity index (χ1n) is 10.4. The minimum absolute atomic E-state index is 0.208. The summed E-state index contributed by atoms with van der Waals surface area (Å²) in [6, 6.07) is 3.85. The molecule has 2 N–H and O–H groups in total. The van der Waals surface area contributed by atoms with Crippen molar-refractivity contribution in [3.63, 3.8) is 0 Å². The molecule has 2 saturated carbocycles. The second-order valence-corrected chi connectivity index (χ2v) is 9.88. The fourth-order valence-corrected chi connectivity index (χ4v) is 6.74. The van der Waals surface area contributed by atoms with E-state index in [0.29, 0.717) is 29.6 Å². The molecule has 2 fully saturated rings. The fourth-order valence-electron chi connectivity index (χ4n) is 6.36. The summed E-state index contributed by atoms with van der Waals surface area (Å²) >= 11 is 0. The molecule has 4 atom stereocenters. The van der Waals surface area contributed by atoms with Gasteiger partial charge in [0.1, 0.15) is 0 Å². The summed E-state index contributed by atoms with van der Waals surface area (Å²) in [5.74, 6) is 2.62. The zero-order valence-electron chi connectivity index (χ0n) is 17.0. The number of hydrogen-bond acceptors (Lipinski definition) is 4. The summed E-state index contributed by atoms with van der Waals surface area (Å²) in [6.45, 7) is 6.98. The number of ether oxygens (including phenoxy) is 1. The number of rotatable bonds is 4. The second kappa shape index (κ2) is 7.06. The van der Waals surface area contributed by atoms with E-state index in [1.165, 1.54) is 36.8 Å². The average Bonchev–Trinajstić information content (AvgIpc) is 2.97. The molecule has 1 aromatic rings. The SMILES string of the molecule is CC=C1CCC2C3CCc4cc(OS(N)(=O)=O)c(OCC)cc4C3CC[C@]12C. The topological polar surface area (TPSA) is 78.6 Å². The standard InChI is InChI=1S/C22H31NO4S/c1-4-15-7-9-19-17-8-6-14-12-21(27-28(23,24)25)20(26-5-2)13-18(14)16(17)10-11-22(15,19)3/h4,12-13,16-17,19H,5-11H2,1-3H3,(H2,23,24,25)/t16?,17?,19?,22-/m1/s1. The van der Waals surface area contributed by atoms with Crippen LogP contribution in [0.25, 0.3) is 0 Å². The molecule has 5 nitrogen and oxygen atoms in total. The molecule has 0 radical (unpaired) electrons. The second-order valence-electron chi connectivity index (χ2n) is 8.73. The maximum atomic E-state index is 11.5. The minimum atomic E-state index is -4.08. The highest BCUT2D eigenvalue weighted by atomic mass is 32.2. The van der Waals surface area contributed by atoms with Crippen LogP contribution in [0.2, 0.25) is 0 Å². The van der Waals surface area contributed by atoms with Crippen LogP contribution in [0.5, 0.6) is 11.5 Å². The Hall–Kier alpha value is -1.53. The van der Waals surface area contributed by atoms with Gasteiger partial charge in [0, 0.05) is 0 Å². The smallest absolute Gasteiger partial charge is 0.380 e. The van der Waals surface area contributed by atoms with Crippen LogP contribution in [0.15, 0.2) is 23.8 Å². The number of nitrogens with two attached hydrogens (primary N) is 1. The van der Waals surface area contributed by atoms with Gasteiger partial charge >= 0.3 is 10.3 Å². The zero-order valence-corrected chi connectivity index (χ0v) is 17.8. The van der Waals surface area contributed by atoms with Crippen LogP contribution in [0.3, 0.4) is 0 Å². The summed E-state index contributed by atoms with van der Waals surface area (Å²) in [5.41, 5.74) is 4.50. The van der Waals surface area contributed by atoms with Gasteiger partial charge in [-0.2, -0.15) is 13.6 Å². The van der Waals surface area contributed by atoms with E-state index in [1.54, 1.807) is 5.57 Å². The Labute approximate surface area is 168 Å². The molecule has 154 valence electrons. The van der Waals surface area contributed by atoms with E-state index in [9.17, 15) is 8.42 Å². The van der Waals surface area contributed by atoms with Crippen LogP contribution in [-0.2, 0) is 16.7 Å². The van der Waals surface area contributed by atoms with Gasteiger partial charge in [0.05, 0.1) is 6.61 Å². The Morgan fingerprint density at radius 1 is 1.21 bits per heavy atom. The number of fused-ring (bicyclic) bond motifs is 5. The highest BCUT2D eigenvalue weighted by molar-refractivity contribution is 7.84. The van der Waals surface area contributed by atoms with Crippen molar-refractivity contribution in [2.45, 2.75) is 65.2 Å². The summed E-state index contributed by atoms with van der Waals surface area (Å²) in [5, 5.41) is 5.10. The van der Waals surface area contributed by atoms with Gasteiger partial charge in [-0.15, -0.1) is 0 Å². The van der Waals surface area contributed by atoms with E-state index in [2.05, 4.69) is 19.9 Å². The van der Waals surface area contributed by atoms with Gasteiger partial charge in [0.15, 0.2) is 11.5 Å². The summed E-state index contributed by atoms with van der Waals surface area (Å²) < 4.78 is 33.7. The molecule has 0 bridgehead atoms. The lowest BCUT2D eigenvalue weighted by atomic mass is 9.55. The molecule has 3 unspecified atom stereocenters. The molecular formula is C22H31NO4S. The Kier molecular flexibility index (Phi) is 4.99. The molecule has 0 heterocycles. The lowest BCUT2D eigenvalue weighted by Crippen LogP contribution is -2.40. The first kappa shape index (κ1) is 19.8. The van der Waals surface area contributed by atoms with Gasteiger partial charge in [-0.05, 0) is 98.8 Å². The van der Waals surface area contributed by atoms with Gasteiger partial charge in [-0.3, -0.25) is 0 Å². The highest BCUT2D eigenvalue weighted by Crippen LogP contribution is 2.63. The van der Waals surface area contributed by atoms with Crippen LogP contribution < -0.4 is 14.1 Å². The Balaban J connectivity index is 1.71. The quantitative estimate of drug-likeness (QED) is 0.750. The van der Waals surface area contributed by atoms with E-state index in [-0.39, 0.29) is 5.75 Å². The van der Waals surface area contributed by atoms with Crippen LogP contribution in [-0.4, -0.2) is 15.0 Å². The van der Waals surface area contributed by atoms with Crippen molar-refractivity contribution < 1.29 is 17.3 Å². The van der Waals surface area contributed by atoms with Crippen molar-refractivity contribution in [3.8, 4) is 11.5 Å². The molecule has 0 amide bonds. The van der Waals surface area contributed by atoms with Crippen LogP contribution >= 0.6 is 0 Å². The maximum Gasteiger partial charge on any atom is 0.380 e. The Bertz CT molecular complexity index is 907. The monoisotopic (exact) mass is 405 g/mol. The molecule has 0 saturated heterocycles. The van der Waals surface area contributed by atoms with Crippen molar-refractivity contribution >= 4 is 10.3 Å². The number of allylic oxidation sites excluding steroid dienone is 2. The third-order valence-corrected chi connectivity index (χ3v) is 7.90. The minimum Gasteiger partial charge on any atom is -0.490 e. The van der Waals surface area contributed by atoms with E-state index in [4.69, 9.17) is 14.1 Å². The molecule has 3 aliphatic rings.